The SMILES string of the molecule is CCCCCN=C(N)NNC=C1CNc2ccc(OC)cc21. The van der Waals surface area contributed by atoms with Crippen LogP contribution >= 0.6 is 0 Å². The second-order valence-corrected chi connectivity index (χ2v) is 5.18. The molecule has 5 N–H and O–H groups in total. The molecule has 6 nitrogen and oxygen atoms in total. The topological polar surface area (TPSA) is 83.7 Å². The van der Waals surface area contributed by atoms with Gasteiger partial charge in [0, 0.05) is 30.5 Å². The van der Waals surface area contributed by atoms with Crippen molar-refractivity contribution in [1.29, 1.82) is 0 Å². The number of nitrogens with two attached hydrogens (primary N) is 1. The fourth-order valence-electron chi connectivity index (χ4n) is 2.28. The summed E-state index contributed by atoms with van der Waals surface area (Å²) in [6.07, 6.45) is 5.32. The number of nitrogens with zero attached hydrogens (tertiary/aromatic N) is 1. The van der Waals surface area contributed by atoms with Gasteiger partial charge < -0.3 is 21.2 Å². The van der Waals surface area contributed by atoms with E-state index in [1.54, 1.807) is 7.11 Å². The Morgan fingerprint density at radius 3 is 3.09 bits per heavy atom. The number of hydrazine groups is 1. The van der Waals surface area contributed by atoms with E-state index < -0.39 is 0 Å². The molecule has 0 amide bonds. The first kappa shape index (κ1) is 16.0. The lowest BCUT2D eigenvalue weighted by molar-refractivity contribution is 0.415. The molecule has 22 heavy (non-hydrogen) atoms. The van der Waals surface area contributed by atoms with Crippen molar-refractivity contribution in [3.05, 3.63) is 30.0 Å². The van der Waals surface area contributed by atoms with Crippen LogP contribution in [0.15, 0.2) is 29.4 Å². The van der Waals surface area contributed by atoms with E-state index in [1.807, 2.05) is 24.4 Å². The molecule has 0 aromatic heterocycles. The monoisotopic (exact) mass is 303 g/mol. The minimum absolute atomic E-state index is 0.407. The second kappa shape index (κ2) is 8.17. The van der Waals surface area contributed by atoms with Gasteiger partial charge in [-0.15, -0.1) is 0 Å². The molecular formula is C16H25N5O. The number of guanidine groups is 1. The maximum atomic E-state index is 5.79. The van der Waals surface area contributed by atoms with Crippen LogP contribution in [-0.4, -0.2) is 26.2 Å². The number of hydrogen-bond donors (Lipinski definition) is 4. The van der Waals surface area contributed by atoms with Crippen molar-refractivity contribution in [1.82, 2.24) is 10.9 Å². The number of ether oxygens (including phenoxy) is 1. The lowest BCUT2D eigenvalue weighted by Crippen LogP contribution is -2.39. The number of hydrogen-bond acceptors (Lipinski definition) is 4. The molecule has 0 unspecified atom stereocenters. The van der Waals surface area contributed by atoms with Gasteiger partial charge in [0.1, 0.15) is 5.75 Å². The molecule has 1 aliphatic heterocycles. The van der Waals surface area contributed by atoms with Crippen LogP contribution < -0.4 is 26.6 Å². The molecule has 0 radical (unpaired) electrons. The summed E-state index contributed by atoms with van der Waals surface area (Å²) in [6.45, 7) is 3.69. The van der Waals surface area contributed by atoms with Crippen LogP contribution in [0.4, 0.5) is 5.69 Å². The third kappa shape index (κ3) is 4.31. The number of benzene rings is 1. The molecule has 120 valence electrons. The summed E-state index contributed by atoms with van der Waals surface area (Å²) in [5, 5.41) is 3.33. The lowest BCUT2D eigenvalue weighted by Gasteiger charge is -2.07. The summed E-state index contributed by atoms with van der Waals surface area (Å²) in [4.78, 5) is 4.25. The molecule has 0 saturated heterocycles. The zero-order valence-electron chi connectivity index (χ0n) is 13.3. The van der Waals surface area contributed by atoms with Gasteiger partial charge in [0.2, 0.25) is 5.96 Å². The largest absolute Gasteiger partial charge is 0.497 e. The summed E-state index contributed by atoms with van der Waals surface area (Å²) in [6, 6.07) is 5.98. The molecule has 1 aromatic carbocycles. The number of rotatable bonds is 7. The van der Waals surface area contributed by atoms with Gasteiger partial charge in [-0.2, -0.15) is 0 Å². The molecule has 6 heteroatoms. The molecule has 0 spiro atoms. The number of aliphatic imine (C=N–C) groups is 1. The van der Waals surface area contributed by atoms with E-state index in [9.17, 15) is 0 Å². The quantitative estimate of drug-likeness (QED) is 0.268. The predicted octanol–water partition coefficient (Wildman–Crippen LogP) is 2.06. The lowest BCUT2D eigenvalue weighted by atomic mass is 10.1. The van der Waals surface area contributed by atoms with Crippen LogP contribution in [-0.2, 0) is 0 Å². The van der Waals surface area contributed by atoms with Gasteiger partial charge in [0.05, 0.1) is 7.11 Å². The van der Waals surface area contributed by atoms with E-state index in [4.69, 9.17) is 10.5 Å². The Bertz CT molecular complexity index is 553. The molecule has 0 atom stereocenters. The van der Waals surface area contributed by atoms with Crippen LogP contribution in [0.2, 0.25) is 0 Å². The van der Waals surface area contributed by atoms with E-state index in [2.05, 4.69) is 28.1 Å². The van der Waals surface area contributed by atoms with Crippen molar-refractivity contribution in [2.24, 2.45) is 10.7 Å². The average Bonchev–Trinajstić information content (AvgIpc) is 2.94. The molecule has 1 aromatic rings. The van der Waals surface area contributed by atoms with Crippen molar-refractivity contribution in [3.8, 4) is 5.75 Å². The third-order valence-electron chi connectivity index (χ3n) is 3.53. The summed E-state index contributed by atoms with van der Waals surface area (Å²) in [5.74, 6) is 1.25. The second-order valence-electron chi connectivity index (χ2n) is 5.18. The van der Waals surface area contributed by atoms with E-state index in [1.165, 1.54) is 12.8 Å². The summed E-state index contributed by atoms with van der Waals surface area (Å²) in [5.41, 5.74) is 15.1. The Kier molecular flexibility index (Phi) is 5.94. The van der Waals surface area contributed by atoms with Crippen LogP contribution in [0.5, 0.6) is 5.75 Å². The van der Waals surface area contributed by atoms with E-state index in [0.29, 0.717) is 5.96 Å². The first-order valence-corrected chi connectivity index (χ1v) is 7.67. The molecule has 1 heterocycles. The zero-order valence-corrected chi connectivity index (χ0v) is 13.3. The first-order chi connectivity index (χ1) is 10.7. The molecule has 0 bridgehead atoms. The van der Waals surface area contributed by atoms with Crippen molar-refractivity contribution in [2.75, 3.05) is 25.5 Å². The molecule has 2 rings (SSSR count). The van der Waals surface area contributed by atoms with Gasteiger partial charge in [-0.05, 0) is 30.2 Å². The fourth-order valence-corrected chi connectivity index (χ4v) is 2.28. The number of methoxy groups -OCH3 is 1. The molecule has 1 aliphatic rings. The summed E-state index contributed by atoms with van der Waals surface area (Å²) < 4.78 is 5.26. The van der Waals surface area contributed by atoms with Gasteiger partial charge in [-0.3, -0.25) is 10.4 Å². The number of anilines is 1. The third-order valence-corrected chi connectivity index (χ3v) is 3.53. The minimum atomic E-state index is 0.407. The van der Waals surface area contributed by atoms with Crippen molar-refractivity contribution in [2.45, 2.75) is 26.2 Å². The van der Waals surface area contributed by atoms with Crippen LogP contribution in [0.1, 0.15) is 31.7 Å². The summed E-state index contributed by atoms with van der Waals surface area (Å²) >= 11 is 0. The fraction of sp³-hybridized carbons (Fsp3) is 0.438. The van der Waals surface area contributed by atoms with Crippen molar-refractivity contribution < 1.29 is 4.74 Å². The van der Waals surface area contributed by atoms with Gasteiger partial charge in [0.15, 0.2) is 0 Å². The highest BCUT2D eigenvalue weighted by molar-refractivity contribution is 5.85. The van der Waals surface area contributed by atoms with E-state index >= 15 is 0 Å². The van der Waals surface area contributed by atoms with Gasteiger partial charge >= 0.3 is 0 Å². The first-order valence-electron chi connectivity index (χ1n) is 7.67. The number of fused-ring (bicyclic) bond motifs is 1. The van der Waals surface area contributed by atoms with E-state index in [0.717, 1.165) is 42.1 Å². The Morgan fingerprint density at radius 1 is 1.45 bits per heavy atom. The normalized spacial score (nSPS) is 15.4. The van der Waals surface area contributed by atoms with Crippen LogP contribution in [0, 0.1) is 0 Å². The van der Waals surface area contributed by atoms with Crippen LogP contribution in [0.25, 0.3) is 5.57 Å². The number of nitrogens with one attached hydrogen (secondary N) is 3. The maximum Gasteiger partial charge on any atom is 0.207 e. The van der Waals surface area contributed by atoms with Crippen molar-refractivity contribution >= 4 is 17.2 Å². The highest BCUT2D eigenvalue weighted by Gasteiger charge is 2.15. The highest BCUT2D eigenvalue weighted by atomic mass is 16.5. The average molecular weight is 303 g/mol. The van der Waals surface area contributed by atoms with E-state index in [-0.39, 0.29) is 0 Å². The predicted molar refractivity (Wildman–Crippen MR) is 91.7 cm³/mol. The van der Waals surface area contributed by atoms with Crippen LogP contribution in [0.3, 0.4) is 0 Å². The van der Waals surface area contributed by atoms with Gasteiger partial charge in [-0.25, -0.2) is 0 Å². The minimum Gasteiger partial charge on any atom is -0.497 e. The number of unbranched alkanes of at least 4 members (excludes halogenated alkanes) is 2. The highest BCUT2D eigenvalue weighted by Crippen LogP contribution is 2.32. The Hall–Kier alpha value is -2.37. The molecule has 0 aliphatic carbocycles. The van der Waals surface area contributed by atoms with Crippen molar-refractivity contribution in [3.63, 3.8) is 0 Å². The summed E-state index contributed by atoms with van der Waals surface area (Å²) in [7, 11) is 1.67. The Morgan fingerprint density at radius 2 is 2.32 bits per heavy atom. The molecule has 0 saturated carbocycles. The Labute approximate surface area is 131 Å². The van der Waals surface area contributed by atoms with Gasteiger partial charge in [-0.1, -0.05) is 19.8 Å². The molecule has 0 fully saturated rings. The maximum absolute atomic E-state index is 5.79. The van der Waals surface area contributed by atoms with Gasteiger partial charge in [0.25, 0.3) is 0 Å². The standard InChI is InChI=1S/C16H25N5O/c1-3-4-5-8-18-16(17)21-20-11-12-10-19-15-7-6-13(22-2)9-14(12)15/h6-7,9,11,19-20H,3-5,8,10H2,1-2H3,(H3,17,18,21). The molecular weight excluding hydrogens is 278 g/mol. The zero-order chi connectivity index (χ0) is 15.8. The smallest absolute Gasteiger partial charge is 0.207 e. The Balaban J connectivity index is 1.88.